The SMILES string of the molecule is Cc1cc(C(N)CCc2nccn2C)c(F)cc1F. The lowest BCUT2D eigenvalue weighted by molar-refractivity contribution is 0.535. The maximum absolute atomic E-state index is 13.7. The Bertz CT molecular complexity index is 578. The lowest BCUT2D eigenvalue weighted by atomic mass is 10.00. The standard InChI is InChI=1S/C14H17F2N3/c1-9-7-10(12(16)8-11(9)15)13(17)3-4-14-18-5-6-19(14)2/h5-8,13H,3-4,17H2,1-2H3. The Morgan fingerprint density at radius 2 is 2.05 bits per heavy atom. The molecule has 2 aromatic rings. The fourth-order valence-corrected chi connectivity index (χ4v) is 2.04. The molecule has 1 unspecified atom stereocenters. The van der Waals surface area contributed by atoms with Crippen molar-refractivity contribution >= 4 is 0 Å². The third-order valence-electron chi connectivity index (χ3n) is 3.28. The fraction of sp³-hybridized carbons (Fsp3) is 0.357. The summed E-state index contributed by atoms with van der Waals surface area (Å²) in [4.78, 5) is 4.19. The first kappa shape index (κ1) is 13.7. The summed E-state index contributed by atoms with van der Waals surface area (Å²) in [5.41, 5.74) is 6.74. The van der Waals surface area contributed by atoms with E-state index < -0.39 is 17.7 Å². The monoisotopic (exact) mass is 265 g/mol. The van der Waals surface area contributed by atoms with Gasteiger partial charge in [-0.15, -0.1) is 0 Å². The molecule has 1 heterocycles. The van der Waals surface area contributed by atoms with Gasteiger partial charge in [-0.1, -0.05) is 0 Å². The van der Waals surface area contributed by atoms with Crippen molar-refractivity contribution in [2.24, 2.45) is 12.8 Å². The maximum Gasteiger partial charge on any atom is 0.130 e. The minimum atomic E-state index is -0.588. The first-order valence-electron chi connectivity index (χ1n) is 6.16. The summed E-state index contributed by atoms with van der Waals surface area (Å²) in [5, 5.41) is 0. The summed E-state index contributed by atoms with van der Waals surface area (Å²) >= 11 is 0. The highest BCUT2D eigenvalue weighted by atomic mass is 19.1. The molecule has 2 N–H and O–H groups in total. The number of nitrogens with zero attached hydrogens (tertiary/aromatic N) is 2. The van der Waals surface area contributed by atoms with Crippen LogP contribution in [-0.2, 0) is 13.5 Å². The first-order valence-corrected chi connectivity index (χ1v) is 6.16. The van der Waals surface area contributed by atoms with Crippen LogP contribution in [0.2, 0.25) is 0 Å². The lowest BCUT2D eigenvalue weighted by Crippen LogP contribution is -2.15. The van der Waals surface area contributed by atoms with Gasteiger partial charge >= 0.3 is 0 Å². The largest absolute Gasteiger partial charge is 0.338 e. The molecule has 0 aliphatic carbocycles. The molecule has 1 atom stereocenters. The van der Waals surface area contributed by atoms with Gasteiger partial charge in [0.15, 0.2) is 0 Å². The molecule has 5 heteroatoms. The fourth-order valence-electron chi connectivity index (χ4n) is 2.04. The summed E-state index contributed by atoms with van der Waals surface area (Å²) in [6.07, 6.45) is 4.78. The normalized spacial score (nSPS) is 12.7. The number of hydrogen-bond donors (Lipinski definition) is 1. The van der Waals surface area contributed by atoms with Crippen molar-refractivity contribution in [1.82, 2.24) is 9.55 Å². The molecule has 0 bridgehead atoms. The van der Waals surface area contributed by atoms with Crippen LogP contribution in [0.5, 0.6) is 0 Å². The van der Waals surface area contributed by atoms with Crippen molar-refractivity contribution in [3.8, 4) is 0 Å². The summed E-state index contributed by atoms with van der Waals surface area (Å²) in [6.45, 7) is 1.60. The molecule has 0 spiro atoms. The minimum Gasteiger partial charge on any atom is -0.338 e. The van der Waals surface area contributed by atoms with Gasteiger partial charge in [0.05, 0.1) is 0 Å². The Labute approximate surface area is 111 Å². The second-order valence-corrected chi connectivity index (χ2v) is 4.72. The van der Waals surface area contributed by atoms with Crippen molar-refractivity contribution in [3.05, 3.63) is 53.1 Å². The van der Waals surface area contributed by atoms with Crippen LogP contribution in [0, 0.1) is 18.6 Å². The molecular weight excluding hydrogens is 248 g/mol. The molecule has 0 saturated carbocycles. The molecule has 2 rings (SSSR count). The number of halogens is 2. The van der Waals surface area contributed by atoms with Crippen LogP contribution < -0.4 is 5.73 Å². The van der Waals surface area contributed by atoms with Crippen molar-refractivity contribution in [3.63, 3.8) is 0 Å². The number of imidazole rings is 1. The van der Waals surface area contributed by atoms with E-state index in [4.69, 9.17) is 5.73 Å². The van der Waals surface area contributed by atoms with Gasteiger partial charge in [0.2, 0.25) is 0 Å². The van der Waals surface area contributed by atoms with Crippen LogP contribution in [0.1, 0.15) is 29.4 Å². The third-order valence-corrected chi connectivity index (χ3v) is 3.28. The van der Waals surface area contributed by atoms with E-state index in [0.717, 1.165) is 11.9 Å². The van der Waals surface area contributed by atoms with Crippen molar-refractivity contribution < 1.29 is 8.78 Å². The molecule has 102 valence electrons. The van der Waals surface area contributed by atoms with Crippen LogP contribution in [0.3, 0.4) is 0 Å². The minimum absolute atomic E-state index is 0.355. The Hall–Kier alpha value is -1.75. The first-order chi connectivity index (χ1) is 8.99. The average Bonchev–Trinajstić information content (AvgIpc) is 2.76. The van der Waals surface area contributed by atoms with Crippen molar-refractivity contribution in [1.29, 1.82) is 0 Å². The van der Waals surface area contributed by atoms with Gasteiger partial charge in [0, 0.05) is 43.5 Å². The zero-order chi connectivity index (χ0) is 14.0. The van der Waals surface area contributed by atoms with Crippen LogP contribution in [-0.4, -0.2) is 9.55 Å². The van der Waals surface area contributed by atoms with Crippen LogP contribution in [0.25, 0.3) is 0 Å². The van der Waals surface area contributed by atoms with Crippen molar-refractivity contribution in [2.45, 2.75) is 25.8 Å². The van der Waals surface area contributed by atoms with E-state index in [2.05, 4.69) is 4.98 Å². The van der Waals surface area contributed by atoms with Gasteiger partial charge in [0.25, 0.3) is 0 Å². The molecule has 3 nitrogen and oxygen atoms in total. The van der Waals surface area contributed by atoms with E-state index in [-0.39, 0.29) is 0 Å². The van der Waals surface area contributed by atoms with E-state index in [1.807, 2.05) is 17.8 Å². The number of benzene rings is 1. The second kappa shape index (κ2) is 5.48. The molecule has 0 radical (unpaired) electrons. The Balaban J connectivity index is 2.10. The zero-order valence-corrected chi connectivity index (χ0v) is 11.0. The highest BCUT2D eigenvalue weighted by molar-refractivity contribution is 5.28. The predicted molar refractivity (Wildman–Crippen MR) is 69.6 cm³/mol. The quantitative estimate of drug-likeness (QED) is 0.923. The number of aromatic nitrogens is 2. The Morgan fingerprint density at radius 1 is 1.32 bits per heavy atom. The molecule has 0 aliphatic rings. The summed E-state index contributed by atoms with van der Waals surface area (Å²) in [6, 6.07) is 1.91. The van der Waals surface area contributed by atoms with E-state index in [1.165, 1.54) is 6.07 Å². The molecular formula is C14H17F2N3. The van der Waals surface area contributed by atoms with Crippen molar-refractivity contribution in [2.75, 3.05) is 0 Å². The van der Waals surface area contributed by atoms with Gasteiger partial charge < -0.3 is 10.3 Å². The predicted octanol–water partition coefficient (Wildman–Crippen LogP) is 2.64. The van der Waals surface area contributed by atoms with Gasteiger partial charge in [-0.2, -0.15) is 0 Å². The number of hydrogen-bond acceptors (Lipinski definition) is 2. The van der Waals surface area contributed by atoms with Gasteiger partial charge in [-0.25, -0.2) is 13.8 Å². The molecule has 0 saturated heterocycles. The Morgan fingerprint density at radius 3 is 2.68 bits per heavy atom. The summed E-state index contributed by atoms with van der Waals surface area (Å²) < 4.78 is 28.8. The van der Waals surface area contributed by atoms with E-state index in [1.54, 1.807) is 13.1 Å². The van der Waals surface area contributed by atoms with Gasteiger partial charge in [0.1, 0.15) is 17.5 Å². The maximum atomic E-state index is 13.7. The summed E-state index contributed by atoms with van der Waals surface area (Å²) in [7, 11) is 1.90. The van der Waals surface area contributed by atoms with E-state index in [0.29, 0.717) is 24.0 Å². The molecule has 0 fully saturated rings. The number of aryl methyl sites for hydroxylation is 3. The van der Waals surface area contributed by atoms with Gasteiger partial charge in [-0.3, -0.25) is 0 Å². The van der Waals surface area contributed by atoms with Crippen LogP contribution in [0.4, 0.5) is 8.78 Å². The summed E-state index contributed by atoms with van der Waals surface area (Å²) in [5.74, 6) is -0.234. The van der Waals surface area contributed by atoms with E-state index in [9.17, 15) is 8.78 Å². The van der Waals surface area contributed by atoms with Crippen LogP contribution >= 0.6 is 0 Å². The molecule has 1 aromatic carbocycles. The smallest absolute Gasteiger partial charge is 0.130 e. The number of nitrogens with two attached hydrogens (primary N) is 1. The highest BCUT2D eigenvalue weighted by Crippen LogP contribution is 2.22. The highest BCUT2D eigenvalue weighted by Gasteiger charge is 2.15. The molecule has 0 aliphatic heterocycles. The second-order valence-electron chi connectivity index (χ2n) is 4.72. The zero-order valence-electron chi connectivity index (χ0n) is 11.0. The van der Waals surface area contributed by atoms with Gasteiger partial charge in [-0.05, 0) is 25.0 Å². The average molecular weight is 265 g/mol. The van der Waals surface area contributed by atoms with E-state index >= 15 is 0 Å². The lowest BCUT2D eigenvalue weighted by Gasteiger charge is -2.14. The topological polar surface area (TPSA) is 43.8 Å². The Kier molecular flexibility index (Phi) is 3.95. The molecule has 1 aromatic heterocycles. The molecule has 19 heavy (non-hydrogen) atoms. The third kappa shape index (κ3) is 2.98. The van der Waals surface area contributed by atoms with Crippen LogP contribution in [0.15, 0.2) is 24.5 Å². The number of rotatable bonds is 4. The molecule has 0 amide bonds.